The van der Waals surface area contributed by atoms with Crippen LogP contribution in [0.25, 0.3) is 0 Å². The summed E-state index contributed by atoms with van der Waals surface area (Å²) in [7, 11) is 0. The molecule has 6 heteroatoms. The molecule has 1 aromatic heterocycles. The van der Waals surface area contributed by atoms with Crippen molar-refractivity contribution in [1.82, 2.24) is 10.2 Å². The maximum Gasteiger partial charge on any atom is 0.217 e. The third-order valence-corrected chi connectivity index (χ3v) is 2.20. The number of nitrogens with two attached hydrogens (primary N) is 1. The maximum atomic E-state index is 10.4. The lowest BCUT2D eigenvalue weighted by atomic mass is 10.3. The van der Waals surface area contributed by atoms with E-state index in [2.05, 4.69) is 15.5 Å². The van der Waals surface area contributed by atoms with Gasteiger partial charge in [0.05, 0.1) is 0 Å². The number of carbonyl (C=O) groups is 1. The first-order chi connectivity index (χ1) is 6.18. The van der Waals surface area contributed by atoms with Gasteiger partial charge in [0.15, 0.2) is 0 Å². The van der Waals surface area contributed by atoms with Gasteiger partial charge in [-0.1, -0.05) is 11.3 Å². The summed E-state index contributed by atoms with van der Waals surface area (Å²) in [5.74, 6) is -0.268. The van der Waals surface area contributed by atoms with Gasteiger partial charge in [0.1, 0.15) is 5.01 Å². The molecule has 0 saturated carbocycles. The molecule has 0 radical (unpaired) electrons. The summed E-state index contributed by atoms with van der Waals surface area (Å²) in [6.07, 6.45) is 1.14. The SMILES string of the molecule is Cc1nnc(NCCCC(N)=O)s1. The summed E-state index contributed by atoms with van der Waals surface area (Å²) in [4.78, 5) is 10.4. The number of rotatable bonds is 5. The molecule has 1 amide bonds. The molecule has 0 atom stereocenters. The molecule has 13 heavy (non-hydrogen) atoms. The largest absolute Gasteiger partial charge is 0.370 e. The molecule has 1 heterocycles. The van der Waals surface area contributed by atoms with E-state index in [1.54, 1.807) is 0 Å². The number of aryl methyl sites for hydroxylation is 1. The zero-order valence-electron chi connectivity index (χ0n) is 7.41. The molecule has 1 aromatic rings. The molecule has 0 spiro atoms. The lowest BCUT2D eigenvalue weighted by Gasteiger charge is -1.98. The van der Waals surface area contributed by atoms with Gasteiger partial charge in [-0.15, -0.1) is 10.2 Å². The highest BCUT2D eigenvalue weighted by molar-refractivity contribution is 7.15. The van der Waals surface area contributed by atoms with Crippen LogP contribution in [0.1, 0.15) is 17.8 Å². The molecule has 0 aromatic carbocycles. The summed E-state index contributed by atoms with van der Waals surface area (Å²) in [5.41, 5.74) is 4.98. The van der Waals surface area contributed by atoms with Crippen LogP contribution in [0.2, 0.25) is 0 Å². The first kappa shape index (κ1) is 9.91. The highest BCUT2D eigenvalue weighted by atomic mass is 32.1. The second-order valence-corrected chi connectivity index (χ2v) is 3.80. The molecule has 72 valence electrons. The van der Waals surface area contributed by atoms with Crippen LogP contribution in [-0.2, 0) is 4.79 Å². The number of amides is 1. The molecule has 0 aliphatic carbocycles. The Labute approximate surface area is 80.4 Å². The number of hydrogen-bond acceptors (Lipinski definition) is 5. The molecule has 0 saturated heterocycles. The lowest BCUT2D eigenvalue weighted by molar-refractivity contribution is -0.118. The number of carbonyl (C=O) groups excluding carboxylic acids is 1. The Morgan fingerprint density at radius 2 is 2.38 bits per heavy atom. The van der Waals surface area contributed by atoms with E-state index >= 15 is 0 Å². The predicted octanol–water partition coefficient (Wildman–Crippen LogP) is 0.524. The van der Waals surface area contributed by atoms with Gasteiger partial charge in [0.2, 0.25) is 11.0 Å². The quantitative estimate of drug-likeness (QED) is 0.679. The Morgan fingerprint density at radius 3 is 2.92 bits per heavy atom. The van der Waals surface area contributed by atoms with Crippen LogP contribution in [0.15, 0.2) is 0 Å². The van der Waals surface area contributed by atoms with Crippen LogP contribution in [0.4, 0.5) is 5.13 Å². The molecule has 5 nitrogen and oxygen atoms in total. The van der Waals surface area contributed by atoms with E-state index in [1.165, 1.54) is 11.3 Å². The fourth-order valence-electron chi connectivity index (χ4n) is 0.826. The number of nitrogens with one attached hydrogen (secondary N) is 1. The average molecular weight is 200 g/mol. The van der Waals surface area contributed by atoms with Crippen molar-refractivity contribution in [3.8, 4) is 0 Å². The van der Waals surface area contributed by atoms with Crippen LogP contribution in [0, 0.1) is 6.92 Å². The monoisotopic (exact) mass is 200 g/mol. The van der Waals surface area contributed by atoms with Gasteiger partial charge in [-0.25, -0.2) is 0 Å². The highest BCUT2D eigenvalue weighted by Gasteiger charge is 1.99. The van der Waals surface area contributed by atoms with Crippen LogP contribution >= 0.6 is 11.3 Å². The zero-order chi connectivity index (χ0) is 9.68. The van der Waals surface area contributed by atoms with Gasteiger partial charge in [0.25, 0.3) is 0 Å². The van der Waals surface area contributed by atoms with Gasteiger partial charge in [-0.05, 0) is 13.3 Å². The molecule has 0 bridgehead atoms. The Kier molecular flexibility index (Phi) is 3.63. The highest BCUT2D eigenvalue weighted by Crippen LogP contribution is 2.13. The van der Waals surface area contributed by atoms with Crippen molar-refractivity contribution in [3.05, 3.63) is 5.01 Å². The van der Waals surface area contributed by atoms with E-state index in [0.717, 1.165) is 16.6 Å². The van der Waals surface area contributed by atoms with Crippen molar-refractivity contribution >= 4 is 22.4 Å². The van der Waals surface area contributed by atoms with Crippen LogP contribution in [-0.4, -0.2) is 22.6 Å². The Hall–Kier alpha value is -1.17. The van der Waals surface area contributed by atoms with Crippen molar-refractivity contribution in [2.24, 2.45) is 5.73 Å². The second kappa shape index (κ2) is 4.76. The topological polar surface area (TPSA) is 80.9 Å². The lowest BCUT2D eigenvalue weighted by Crippen LogP contribution is -2.12. The fraction of sp³-hybridized carbons (Fsp3) is 0.571. The number of nitrogens with zero attached hydrogens (tertiary/aromatic N) is 2. The number of hydrogen-bond donors (Lipinski definition) is 2. The summed E-state index contributed by atoms with van der Waals surface area (Å²) < 4.78 is 0. The van der Waals surface area contributed by atoms with E-state index in [-0.39, 0.29) is 5.91 Å². The third-order valence-electron chi connectivity index (χ3n) is 1.40. The first-order valence-electron chi connectivity index (χ1n) is 4.01. The van der Waals surface area contributed by atoms with Gasteiger partial charge < -0.3 is 11.1 Å². The van der Waals surface area contributed by atoms with Crippen molar-refractivity contribution in [3.63, 3.8) is 0 Å². The molecular weight excluding hydrogens is 188 g/mol. The van der Waals surface area contributed by atoms with Crippen molar-refractivity contribution < 1.29 is 4.79 Å². The van der Waals surface area contributed by atoms with Crippen LogP contribution in [0.3, 0.4) is 0 Å². The molecular formula is C7H12N4OS. The van der Waals surface area contributed by atoms with Gasteiger partial charge in [-0.3, -0.25) is 4.79 Å². The summed E-state index contributed by atoms with van der Waals surface area (Å²) in [6, 6.07) is 0. The van der Waals surface area contributed by atoms with Crippen molar-refractivity contribution in [2.75, 3.05) is 11.9 Å². The minimum Gasteiger partial charge on any atom is -0.370 e. The molecule has 0 unspecified atom stereocenters. The summed E-state index contributed by atoms with van der Waals surface area (Å²) in [5, 5.41) is 12.5. The van der Waals surface area contributed by atoms with E-state index in [1.807, 2.05) is 6.92 Å². The van der Waals surface area contributed by atoms with E-state index in [0.29, 0.717) is 13.0 Å². The van der Waals surface area contributed by atoms with Gasteiger partial charge in [-0.2, -0.15) is 0 Å². The summed E-state index contributed by atoms with van der Waals surface area (Å²) >= 11 is 1.50. The zero-order valence-corrected chi connectivity index (χ0v) is 8.23. The van der Waals surface area contributed by atoms with E-state index in [9.17, 15) is 4.79 Å². The normalized spacial score (nSPS) is 9.92. The number of anilines is 1. The van der Waals surface area contributed by atoms with Crippen LogP contribution < -0.4 is 11.1 Å². The minimum absolute atomic E-state index is 0.268. The van der Waals surface area contributed by atoms with Gasteiger partial charge >= 0.3 is 0 Å². The second-order valence-electron chi connectivity index (χ2n) is 2.62. The Morgan fingerprint density at radius 1 is 1.62 bits per heavy atom. The van der Waals surface area contributed by atoms with Gasteiger partial charge in [0, 0.05) is 13.0 Å². The summed E-state index contributed by atoms with van der Waals surface area (Å²) in [6.45, 7) is 2.60. The molecule has 0 aliphatic heterocycles. The molecule has 0 fully saturated rings. The Balaban J connectivity index is 2.16. The third kappa shape index (κ3) is 3.84. The molecule has 1 rings (SSSR count). The maximum absolute atomic E-state index is 10.4. The van der Waals surface area contributed by atoms with Crippen molar-refractivity contribution in [1.29, 1.82) is 0 Å². The first-order valence-corrected chi connectivity index (χ1v) is 4.82. The predicted molar refractivity (Wildman–Crippen MR) is 51.6 cm³/mol. The minimum atomic E-state index is -0.268. The number of primary amides is 1. The number of aromatic nitrogens is 2. The fourth-order valence-corrected chi connectivity index (χ4v) is 1.44. The van der Waals surface area contributed by atoms with E-state index < -0.39 is 0 Å². The molecule has 0 aliphatic rings. The van der Waals surface area contributed by atoms with Crippen LogP contribution in [0.5, 0.6) is 0 Å². The smallest absolute Gasteiger partial charge is 0.217 e. The standard InChI is InChI=1S/C7H12N4OS/c1-5-10-11-7(13-5)9-4-2-3-6(8)12/h2-4H2,1H3,(H2,8,12)(H,9,11). The van der Waals surface area contributed by atoms with Crippen molar-refractivity contribution in [2.45, 2.75) is 19.8 Å². The molecule has 3 N–H and O–H groups in total. The average Bonchev–Trinajstić information content (AvgIpc) is 2.45. The Bertz CT molecular complexity index is 286. The van der Waals surface area contributed by atoms with E-state index in [4.69, 9.17) is 5.73 Å².